The van der Waals surface area contributed by atoms with E-state index in [-0.39, 0.29) is 0 Å². The number of fused-ring (bicyclic) bond motifs is 1. The van der Waals surface area contributed by atoms with Gasteiger partial charge in [-0.15, -0.1) is 0 Å². The molecule has 3 aromatic heterocycles. The third-order valence-electron chi connectivity index (χ3n) is 5.59. The number of nitrogens with zero attached hydrogens (tertiary/aromatic N) is 5. The Morgan fingerprint density at radius 2 is 1.80 bits per heavy atom. The van der Waals surface area contributed by atoms with E-state index in [9.17, 15) is 5.11 Å². The summed E-state index contributed by atoms with van der Waals surface area (Å²) in [4.78, 5) is 18.8. The highest BCUT2D eigenvalue weighted by Crippen LogP contribution is 2.39. The van der Waals surface area contributed by atoms with Crippen LogP contribution in [0.5, 0.6) is 17.4 Å². The molecule has 11 heteroatoms. The second kappa shape index (κ2) is 9.59. The van der Waals surface area contributed by atoms with Crippen molar-refractivity contribution in [2.75, 3.05) is 31.3 Å². The monoisotopic (exact) mass is 494 g/mol. The lowest BCUT2D eigenvalue weighted by molar-refractivity contribution is 0.177. The quantitative estimate of drug-likeness (QED) is 0.315. The van der Waals surface area contributed by atoms with Crippen molar-refractivity contribution in [1.82, 2.24) is 24.5 Å². The molecule has 1 aliphatic carbocycles. The van der Waals surface area contributed by atoms with Crippen LogP contribution in [0.15, 0.2) is 42.6 Å². The number of hydrogen-bond acceptors (Lipinski definition) is 10. The van der Waals surface area contributed by atoms with Crippen LogP contribution in [0.2, 0.25) is 0 Å². The van der Waals surface area contributed by atoms with E-state index in [1.807, 2.05) is 41.8 Å². The summed E-state index contributed by atoms with van der Waals surface area (Å²) < 4.78 is 21.9. The number of methoxy groups -OCH3 is 2. The van der Waals surface area contributed by atoms with Crippen molar-refractivity contribution in [3.05, 3.63) is 42.6 Å². The van der Waals surface area contributed by atoms with Gasteiger partial charge in [0.05, 0.1) is 32.6 Å². The highest BCUT2D eigenvalue weighted by molar-refractivity contribution is 8.00. The second-order valence-electron chi connectivity index (χ2n) is 8.09. The molecule has 1 saturated carbocycles. The van der Waals surface area contributed by atoms with Gasteiger partial charge in [0.15, 0.2) is 22.9 Å². The largest absolute Gasteiger partial charge is 0.494 e. The maximum absolute atomic E-state index is 10.1. The molecule has 35 heavy (non-hydrogen) atoms. The first kappa shape index (κ1) is 23.2. The van der Waals surface area contributed by atoms with Gasteiger partial charge in [-0.25, -0.2) is 19.9 Å². The van der Waals surface area contributed by atoms with Crippen molar-refractivity contribution in [3.8, 4) is 34.6 Å². The van der Waals surface area contributed by atoms with Crippen LogP contribution < -0.4 is 18.9 Å². The maximum atomic E-state index is 10.1. The number of pyridine rings is 1. The zero-order valence-electron chi connectivity index (χ0n) is 19.7. The maximum Gasteiger partial charge on any atom is 0.213 e. The molecule has 0 aliphatic heterocycles. The summed E-state index contributed by atoms with van der Waals surface area (Å²) in [7, 11) is 3.20. The fourth-order valence-corrected chi connectivity index (χ4v) is 4.52. The summed E-state index contributed by atoms with van der Waals surface area (Å²) in [6.45, 7) is 2.41. The standard InChI is InChI=1S/C24H26N6O4S/c1-4-34-19-10-5-7-15(26-19)22-28-21-23(25-13-18(27-21)29-35-14-24(31)11-12-24)30(22)20-16(32-2)8-6-9-17(20)33-3/h5-10,13,31H,4,11-12,14H2,1-3H3,(H,27,29). The molecule has 10 nitrogen and oxygen atoms in total. The molecule has 0 saturated heterocycles. The highest BCUT2D eigenvalue weighted by Gasteiger charge is 2.40. The van der Waals surface area contributed by atoms with Crippen LogP contribution in [0.3, 0.4) is 0 Å². The number of hydrogen-bond donors (Lipinski definition) is 2. The number of benzene rings is 1. The fraction of sp³-hybridized carbons (Fsp3) is 0.333. The summed E-state index contributed by atoms with van der Waals surface area (Å²) in [5, 5.41) is 10.1. The molecular weight excluding hydrogens is 468 g/mol. The molecule has 1 fully saturated rings. The van der Waals surface area contributed by atoms with Gasteiger partial charge in [0.25, 0.3) is 0 Å². The Hall–Kier alpha value is -3.57. The predicted molar refractivity (Wildman–Crippen MR) is 134 cm³/mol. The van der Waals surface area contributed by atoms with E-state index >= 15 is 0 Å². The van der Waals surface area contributed by atoms with Gasteiger partial charge in [0.1, 0.15) is 22.9 Å². The van der Waals surface area contributed by atoms with Gasteiger partial charge in [0.2, 0.25) is 5.88 Å². The summed E-state index contributed by atoms with van der Waals surface area (Å²) in [6, 6.07) is 11.1. The first-order valence-corrected chi connectivity index (χ1v) is 12.2. The summed E-state index contributed by atoms with van der Waals surface area (Å²) in [6.07, 6.45) is 3.30. The first-order chi connectivity index (χ1) is 17.0. The normalized spacial score (nSPS) is 14.1. The fourth-order valence-electron chi connectivity index (χ4n) is 3.64. The molecule has 1 aliphatic rings. The van der Waals surface area contributed by atoms with Crippen LogP contribution in [-0.2, 0) is 0 Å². The molecular formula is C24H26N6O4S. The molecule has 0 radical (unpaired) electrons. The molecule has 0 bridgehead atoms. The molecule has 0 atom stereocenters. The summed E-state index contributed by atoms with van der Waals surface area (Å²) in [5.41, 5.74) is 1.60. The molecule has 1 aromatic carbocycles. The van der Waals surface area contributed by atoms with E-state index < -0.39 is 5.60 Å². The number of anilines is 1. The number of aliphatic hydroxyl groups is 1. The zero-order chi connectivity index (χ0) is 24.4. The number of rotatable bonds is 10. The SMILES string of the molecule is CCOc1cccc(-c2nc3nc(NSCC4(O)CC4)cnc3n2-c2c(OC)cccc2OC)n1. The van der Waals surface area contributed by atoms with Crippen LogP contribution in [0, 0.1) is 0 Å². The number of nitrogens with one attached hydrogen (secondary N) is 1. The lowest BCUT2D eigenvalue weighted by atomic mass is 10.2. The molecule has 0 spiro atoms. The van der Waals surface area contributed by atoms with Gasteiger partial charge in [-0.05, 0) is 49.9 Å². The van der Waals surface area contributed by atoms with E-state index in [0.29, 0.717) is 64.1 Å². The average Bonchev–Trinajstić information content (AvgIpc) is 3.49. The Balaban J connectivity index is 1.65. The molecule has 5 rings (SSSR count). The van der Waals surface area contributed by atoms with Gasteiger partial charge in [0, 0.05) is 11.8 Å². The summed E-state index contributed by atoms with van der Waals surface area (Å²) >= 11 is 1.40. The van der Waals surface area contributed by atoms with Crippen LogP contribution >= 0.6 is 11.9 Å². The van der Waals surface area contributed by atoms with Crippen LogP contribution in [-0.4, -0.2) is 61.8 Å². The first-order valence-electron chi connectivity index (χ1n) is 11.2. The Morgan fingerprint density at radius 1 is 1.06 bits per heavy atom. The third-order valence-corrected chi connectivity index (χ3v) is 6.62. The average molecular weight is 495 g/mol. The number of para-hydroxylation sites is 1. The second-order valence-corrected chi connectivity index (χ2v) is 8.88. The molecule has 0 amide bonds. The minimum absolute atomic E-state index is 0.423. The Bertz CT molecular complexity index is 1340. The van der Waals surface area contributed by atoms with Crippen molar-refractivity contribution < 1.29 is 19.3 Å². The van der Waals surface area contributed by atoms with Gasteiger partial charge < -0.3 is 24.0 Å². The van der Waals surface area contributed by atoms with Gasteiger partial charge >= 0.3 is 0 Å². The van der Waals surface area contributed by atoms with Crippen molar-refractivity contribution >= 4 is 29.1 Å². The number of ether oxygens (including phenoxy) is 3. The Labute approximate surface area is 206 Å². The molecule has 0 unspecified atom stereocenters. The van der Waals surface area contributed by atoms with Crippen molar-refractivity contribution in [2.24, 2.45) is 0 Å². The molecule has 2 N–H and O–H groups in total. The van der Waals surface area contributed by atoms with Gasteiger partial charge in [-0.2, -0.15) is 0 Å². The number of aromatic nitrogens is 5. The minimum atomic E-state index is -0.568. The smallest absolute Gasteiger partial charge is 0.213 e. The molecule has 182 valence electrons. The van der Waals surface area contributed by atoms with E-state index in [1.165, 1.54) is 11.9 Å². The molecule has 3 heterocycles. The molecule has 4 aromatic rings. The topological polar surface area (TPSA) is 116 Å². The lowest BCUT2D eigenvalue weighted by Gasteiger charge is -2.16. The number of imidazole rings is 1. The van der Waals surface area contributed by atoms with E-state index in [0.717, 1.165) is 12.8 Å². The summed E-state index contributed by atoms with van der Waals surface area (Å²) in [5.74, 6) is 3.31. The van der Waals surface area contributed by atoms with E-state index in [4.69, 9.17) is 19.2 Å². The van der Waals surface area contributed by atoms with Crippen LogP contribution in [0.25, 0.3) is 28.5 Å². The predicted octanol–water partition coefficient (Wildman–Crippen LogP) is 3.88. The van der Waals surface area contributed by atoms with Crippen LogP contribution in [0.4, 0.5) is 5.82 Å². The van der Waals surface area contributed by atoms with Crippen LogP contribution in [0.1, 0.15) is 19.8 Å². The van der Waals surface area contributed by atoms with Gasteiger partial charge in [-0.3, -0.25) is 4.57 Å². The highest BCUT2D eigenvalue weighted by atomic mass is 32.2. The Morgan fingerprint density at radius 3 is 2.49 bits per heavy atom. The Kier molecular flexibility index (Phi) is 6.35. The lowest BCUT2D eigenvalue weighted by Crippen LogP contribution is -2.11. The van der Waals surface area contributed by atoms with Crippen molar-refractivity contribution in [2.45, 2.75) is 25.4 Å². The van der Waals surface area contributed by atoms with E-state index in [2.05, 4.69) is 19.7 Å². The van der Waals surface area contributed by atoms with Crippen molar-refractivity contribution in [1.29, 1.82) is 0 Å². The minimum Gasteiger partial charge on any atom is -0.494 e. The third kappa shape index (κ3) is 4.69. The van der Waals surface area contributed by atoms with Gasteiger partial charge in [-0.1, -0.05) is 12.1 Å². The van der Waals surface area contributed by atoms with Crippen molar-refractivity contribution in [3.63, 3.8) is 0 Å². The zero-order valence-corrected chi connectivity index (χ0v) is 20.5. The van der Waals surface area contributed by atoms with E-state index in [1.54, 1.807) is 26.5 Å².